The van der Waals surface area contributed by atoms with Crippen molar-refractivity contribution in [1.82, 2.24) is 9.80 Å². The molecular formula is C13H16N2O3. The van der Waals surface area contributed by atoms with Crippen LogP contribution in [0.5, 0.6) is 0 Å². The van der Waals surface area contributed by atoms with Gasteiger partial charge in [0.1, 0.15) is 12.6 Å². The number of likely N-dealkylation sites (N-methyl/N-ethyl adjacent to an activating group) is 2. The van der Waals surface area contributed by atoms with Crippen molar-refractivity contribution in [3.63, 3.8) is 0 Å². The van der Waals surface area contributed by atoms with Gasteiger partial charge in [-0.1, -0.05) is 30.3 Å². The molecule has 1 aromatic carbocycles. The maximum Gasteiger partial charge on any atom is 0.331 e. The molecular weight excluding hydrogens is 232 g/mol. The van der Waals surface area contributed by atoms with E-state index >= 15 is 0 Å². The summed E-state index contributed by atoms with van der Waals surface area (Å²) in [7, 11) is 3.28. The molecule has 1 fully saturated rings. The smallest absolute Gasteiger partial charge is 0.331 e. The van der Waals surface area contributed by atoms with Gasteiger partial charge in [0.25, 0.3) is 0 Å². The van der Waals surface area contributed by atoms with E-state index in [1.54, 1.807) is 14.1 Å². The van der Waals surface area contributed by atoms with Crippen molar-refractivity contribution in [2.24, 2.45) is 0 Å². The fourth-order valence-electron chi connectivity index (χ4n) is 1.92. The number of carbonyl (C=O) groups is 2. The van der Waals surface area contributed by atoms with Gasteiger partial charge in [0, 0.05) is 14.1 Å². The SMILES string of the molecule is CN1CC(C(=O)OCc2ccccc2)N(C)C1=O. The van der Waals surface area contributed by atoms with Gasteiger partial charge in [-0.25, -0.2) is 9.59 Å². The van der Waals surface area contributed by atoms with E-state index < -0.39 is 6.04 Å². The molecule has 5 nitrogen and oxygen atoms in total. The maximum absolute atomic E-state index is 11.9. The van der Waals surface area contributed by atoms with Crippen molar-refractivity contribution in [3.05, 3.63) is 35.9 Å². The molecule has 18 heavy (non-hydrogen) atoms. The second kappa shape index (κ2) is 5.08. The van der Waals surface area contributed by atoms with Gasteiger partial charge < -0.3 is 14.5 Å². The molecule has 1 aliphatic heterocycles. The van der Waals surface area contributed by atoms with Crippen molar-refractivity contribution < 1.29 is 14.3 Å². The molecule has 2 amide bonds. The number of carbonyl (C=O) groups excluding carboxylic acids is 2. The predicted octanol–water partition coefficient (Wildman–Crippen LogP) is 1.10. The van der Waals surface area contributed by atoms with Crippen LogP contribution < -0.4 is 0 Å². The van der Waals surface area contributed by atoms with Crippen LogP contribution in [-0.2, 0) is 16.1 Å². The summed E-state index contributed by atoms with van der Waals surface area (Å²) < 4.78 is 5.22. The third kappa shape index (κ3) is 2.45. The lowest BCUT2D eigenvalue weighted by atomic mass is 10.2. The lowest BCUT2D eigenvalue weighted by Gasteiger charge is -2.16. The standard InChI is InChI=1S/C13H16N2O3/c1-14-8-11(15(2)13(14)17)12(16)18-9-10-6-4-3-5-7-10/h3-7,11H,8-9H2,1-2H3. The summed E-state index contributed by atoms with van der Waals surface area (Å²) in [6.45, 7) is 0.616. The first kappa shape index (κ1) is 12.4. The quantitative estimate of drug-likeness (QED) is 0.752. The summed E-state index contributed by atoms with van der Waals surface area (Å²) in [5.41, 5.74) is 0.936. The normalized spacial score (nSPS) is 19.2. The molecule has 96 valence electrons. The van der Waals surface area contributed by atoms with Gasteiger partial charge in [-0.15, -0.1) is 0 Å². The van der Waals surface area contributed by atoms with Crippen molar-refractivity contribution in [3.8, 4) is 0 Å². The van der Waals surface area contributed by atoms with Gasteiger partial charge >= 0.3 is 12.0 Å². The summed E-state index contributed by atoms with van der Waals surface area (Å²) in [5, 5.41) is 0. The molecule has 0 radical (unpaired) electrons. The van der Waals surface area contributed by atoms with E-state index in [1.165, 1.54) is 9.80 Å². The van der Waals surface area contributed by atoms with Gasteiger partial charge in [-0.2, -0.15) is 0 Å². The number of ether oxygens (including phenoxy) is 1. The summed E-state index contributed by atoms with van der Waals surface area (Å²) in [4.78, 5) is 26.3. The minimum atomic E-state index is -0.508. The Hall–Kier alpha value is -2.04. The molecule has 2 rings (SSSR count). The Morgan fingerprint density at radius 2 is 2.00 bits per heavy atom. The average Bonchev–Trinajstić information content (AvgIpc) is 2.65. The van der Waals surface area contributed by atoms with E-state index in [1.807, 2.05) is 30.3 Å². The lowest BCUT2D eigenvalue weighted by molar-refractivity contribution is -0.149. The van der Waals surface area contributed by atoms with E-state index in [2.05, 4.69) is 0 Å². The summed E-state index contributed by atoms with van der Waals surface area (Å²) in [6.07, 6.45) is 0. The summed E-state index contributed by atoms with van der Waals surface area (Å²) in [6, 6.07) is 8.81. The largest absolute Gasteiger partial charge is 0.459 e. The highest BCUT2D eigenvalue weighted by Crippen LogP contribution is 2.14. The van der Waals surface area contributed by atoms with Crippen LogP contribution in [0.3, 0.4) is 0 Å². The molecule has 0 aromatic heterocycles. The molecule has 0 saturated carbocycles. The van der Waals surface area contributed by atoms with E-state index in [9.17, 15) is 9.59 Å². The molecule has 1 unspecified atom stereocenters. The maximum atomic E-state index is 11.9. The molecule has 1 aromatic rings. The molecule has 1 aliphatic rings. The highest BCUT2D eigenvalue weighted by atomic mass is 16.5. The van der Waals surface area contributed by atoms with Gasteiger partial charge in [0.15, 0.2) is 0 Å². The van der Waals surface area contributed by atoms with Crippen molar-refractivity contribution in [2.45, 2.75) is 12.6 Å². The predicted molar refractivity (Wildman–Crippen MR) is 65.8 cm³/mol. The van der Waals surface area contributed by atoms with Crippen LogP contribution in [0.4, 0.5) is 4.79 Å². The van der Waals surface area contributed by atoms with Gasteiger partial charge in [0.05, 0.1) is 6.54 Å². The molecule has 0 aliphatic carbocycles. The van der Waals surface area contributed by atoms with Crippen LogP contribution >= 0.6 is 0 Å². The van der Waals surface area contributed by atoms with Crippen molar-refractivity contribution in [2.75, 3.05) is 20.6 Å². The number of amides is 2. The van der Waals surface area contributed by atoms with Crippen LogP contribution in [-0.4, -0.2) is 48.5 Å². The Morgan fingerprint density at radius 1 is 1.33 bits per heavy atom. The first-order chi connectivity index (χ1) is 8.59. The number of rotatable bonds is 3. The van der Waals surface area contributed by atoms with Crippen LogP contribution in [0, 0.1) is 0 Å². The van der Waals surface area contributed by atoms with E-state index in [0.29, 0.717) is 6.54 Å². The van der Waals surface area contributed by atoms with Gasteiger partial charge in [-0.3, -0.25) is 0 Å². The van der Waals surface area contributed by atoms with Crippen molar-refractivity contribution in [1.29, 1.82) is 0 Å². The second-order valence-corrected chi connectivity index (χ2v) is 4.38. The Kier molecular flexibility index (Phi) is 3.50. The van der Waals surface area contributed by atoms with Crippen LogP contribution in [0.1, 0.15) is 5.56 Å². The zero-order valence-corrected chi connectivity index (χ0v) is 10.5. The molecule has 0 spiro atoms. The number of hydrogen-bond acceptors (Lipinski definition) is 3. The van der Waals surface area contributed by atoms with E-state index in [4.69, 9.17) is 4.74 Å². The fraction of sp³-hybridized carbons (Fsp3) is 0.385. The zero-order chi connectivity index (χ0) is 13.1. The first-order valence-electron chi connectivity index (χ1n) is 5.78. The van der Waals surface area contributed by atoms with Gasteiger partial charge in [0.2, 0.25) is 0 Å². The third-order valence-corrected chi connectivity index (χ3v) is 3.04. The Labute approximate surface area is 106 Å². The third-order valence-electron chi connectivity index (χ3n) is 3.04. The highest BCUT2D eigenvalue weighted by Gasteiger charge is 2.38. The zero-order valence-electron chi connectivity index (χ0n) is 10.5. The number of nitrogens with zero attached hydrogens (tertiary/aromatic N) is 2. The fourth-order valence-corrected chi connectivity index (χ4v) is 1.92. The minimum absolute atomic E-state index is 0.156. The topological polar surface area (TPSA) is 49.9 Å². The summed E-state index contributed by atoms with van der Waals surface area (Å²) in [5.74, 6) is -0.362. The minimum Gasteiger partial charge on any atom is -0.459 e. The highest BCUT2D eigenvalue weighted by molar-refractivity contribution is 5.87. The van der Waals surface area contributed by atoms with Crippen molar-refractivity contribution >= 4 is 12.0 Å². The second-order valence-electron chi connectivity index (χ2n) is 4.38. The molecule has 1 heterocycles. The Morgan fingerprint density at radius 3 is 2.56 bits per heavy atom. The number of urea groups is 1. The van der Waals surface area contributed by atoms with E-state index in [0.717, 1.165) is 5.56 Å². The number of benzene rings is 1. The van der Waals surface area contributed by atoms with E-state index in [-0.39, 0.29) is 18.6 Å². The van der Waals surface area contributed by atoms with Crippen LogP contribution in [0.15, 0.2) is 30.3 Å². The van der Waals surface area contributed by atoms with Crippen LogP contribution in [0.25, 0.3) is 0 Å². The monoisotopic (exact) mass is 248 g/mol. The molecule has 0 bridgehead atoms. The number of esters is 1. The van der Waals surface area contributed by atoms with Crippen LogP contribution in [0.2, 0.25) is 0 Å². The first-order valence-corrected chi connectivity index (χ1v) is 5.78. The molecule has 5 heteroatoms. The van der Waals surface area contributed by atoms with Gasteiger partial charge in [-0.05, 0) is 5.56 Å². The Balaban J connectivity index is 1.91. The Bertz CT molecular complexity index is 447. The summed E-state index contributed by atoms with van der Waals surface area (Å²) >= 11 is 0. The number of hydrogen-bond donors (Lipinski definition) is 0. The molecule has 1 saturated heterocycles. The lowest BCUT2D eigenvalue weighted by Crippen LogP contribution is -2.37. The molecule has 1 atom stereocenters. The molecule has 0 N–H and O–H groups in total. The average molecular weight is 248 g/mol.